The van der Waals surface area contributed by atoms with E-state index in [-0.39, 0.29) is 42.3 Å². The summed E-state index contributed by atoms with van der Waals surface area (Å²) in [4.78, 5) is 45.4. The minimum atomic E-state index is -0.617. The number of nitrogens with one attached hydrogen (secondary N) is 2. The number of esters is 2. The first-order valence-electron chi connectivity index (χ1n) is 18.8. The average molecular weight is 777 g/mol. The summed E-state index contributed by atoms with van der Waals surface area (Å²) in [6.45, 7) is 29.7. The van der Waals surface area contributed by atoms with Crippen LogP contribution in [-0.2, 0) is 28.6 Å². The van der Waals surface area contributed by atoms with Crippen molar-refractivity contribution in [3.63, 3.8) is 0 Å². The fourth-order valence-electron chi connectivity index (χ4n) is 5.53. The molecule has 0 saturated heterocycles. The quantitative estimate of drug-likeness (QED) is 0.0448. The van der Waals surface area contributed by atoms with Crippen molar-refractivity contribution in [2.24, 2.45) is 70.8 Å². The second kappa shape index (κ2) is 26.8. The maximum Gasteiger partial charge on any atom is 0.407 e. The topological polar surface area (TPSA) is 192 Å². The Balaban J connectivity index is -0.000000585. The Hall–Kier alpha value is -2.95. The van der Waals surface area contributed by atoms with Gasteiger partial charge in [0.05, 0.1) is 31.6 Å². The Bertz CT molecular complexity index is 1150. The van der Waals surface area contributed by atoms with E-state index >= 15 is 0 Å². The van der Waals surface area contributed by atoms with E-state index in [0.29, 0.717) is 53.5 Å². The fourth-order valence-corrected chi connectivity index (χ4v) is 5.53. The van der Waals surface area contributed by atoms with Gasteiger partial charge in [0, 0.05) is 22.9 Å². The highest BCUT2D eigenvalue weighted by Gasteiger charge is 2.46. The number of methoxy groups -OCH3 is 2. The van der Waals surface area contributed by atoms with Crippen LogP contribution in [0.3, 0.4) is 0 Å². The zero-order chi connectivity index (χ0) is 41.1. The van der Waals surface area contributed by atoms with Crippen LogP contribution in [0.4, 0.5) is 4.79 Å². The molecule has 1 amide bonds. The zero-order valence-electron chi connectivity index (χ0n) is 35.4. The summed E-state index contributed by atoms with van der Waals surface area (Å²) in [6.07, 6.45) is 7.23. The number of carboxylic acid groups (broad SMARTS) is 1. The molecule has 0 bridgehead atoms. The first kappa shape index (κ1) is 54.4. The lowest BCUT2D eigenvalue weighted by Crippen LogP contribution is -2.34. The van der Waals surface area contributed by atoms with Crippen molar-refractivity contribution in [3.8, 4) is 0 Å². The number of ether oxygens (including phenoxy) is 3. The van der Waals surface area contributed by atoms with Gasteiger partial charge >= 0.3 is 24.0 Å². The number of carbonyl (C=O) groups is 4. The predicted molar refractivity (Wildman–Crippen MR) is 213 cm³/mol. The Kier molecular flexibility index (Phi) is 27.5. The van der Waals surface area contributed by atoms with E-state index in [1.54, 1.807) is 6.08 Å². The van der Waals surface area contributed by atoms with E-state index < -0.39 is 11.6 Å². The minimum absolute atomic E-state index is 0. The number of carboxylic acids is 1. The summed E-state index contributed by atoms with van der Waals surface area (Å²) in [5.74, 6) is 4.84. The molecule has 0 heterocycles. The van der Waals surface area contributed by atoms with Crippen LogP contribution < -0.4 is 11.1 Å². The molecule has 0 spiro atoms. The number of nitrogens with zero attached hydrogens (tertiary/aromatic N) is 1. The second-order valence-corrected chi connectivity index (χ2v) is 16.8. The summed E-state index contributed by atoms with van der Waals surface area (Å²) in [7, 11) is 2.82. The standard InChI is InChI=1S/C11H21NO2.C8H14O2.2C7H12O2.C6H13N.CH3N2.ClH/c1-7(2)8-6-9(8)12-10(13)14-11(3,4)5;1-5(2)6-4-7(6)8(9)10-3;1-4(2)5-3-6(5)7(8)9;1-6(2)4-5-7(8)9-3;1-4(2)5-3-6(5)7;1-3-2;/h7-9H,6H2,1-5H3,(H,12,13);5-7H,4H2,1-3H3;4-6H,3H2,1-2H3,(H,8,9);4-6H,1-3H3;4-6H,3,7H2,1-2H3;2H,1H2;1H/q;;;;;+1;/b;;;5-4+;;;. The van der Waals surface area contributed by atoms with Crippen LogP contribution in [0.2, 0.25) is 0 Å². The zero-order valence-corrected chi connectivity index (χ0v) is 36.3. The Morgan fingerprint density at radius 1 is 0.792 bits per heavy atom. The largest absolute Gasteiger partial charge is 0.481 e. The number of amides is 1. The SMILES string of the molecule is C=[N+]=N.CC(C)C1CC1C(=O)O.CC(C)C1CC1N.CC(C)C1CC1NC(=O)OC(C)(C)C.COC(=O)/C=C/C(C)C.COC(=O)C1CC1C(C)C.Cl. The van der Waals surface area contributed by atoms with Crippen LogP contribution in [0.15, 0.2) is 12.2 Å². The molecule has 4 fully saturated rings. The maximum atomic E-state index is 11.3. The monoisotopic (exact) mass is 776 g/mol. The number of hydrogen-bond acceptors (Lipinski definition) is 9. The van der Waals surface area contributed by atoms with Gasteiger partial charge in [-0.1, -0.05) is 75.3 Å². The van der Waals surface area contributed by atoms with Crippen molar-refractivity contribution >= 4 is 43.1 Å². The predicted octanol–water partition coefficient (Wildman–Crippen LogP) is 8.08. The first-order valence-corrected chi connectivity index (χ1v) is 18.8. The molecule has 4 aliphatic rings. The van der Waals surface area contributed by atoms with Crippen LogP contribution in [0, 0.1) is 70.6 Å². The minimum Gasteiger partial charge on any atom is -0.481 e. The van der Waals surface area contributed by atoms with E-state index in [1.165, 1.54) is 26.7 Å². The summed E-state index contributed by atoms with van der Waals surface area (Å²) < 4.78 is 14.2. The van der Waals surface area contributed by atoms with E-state index in [4.69, 9.17) is 21.1 Å². The summed E-state index contributed by atoms with van der Waals surface area (Å²) >= 11 is 0. The van der Waals surface area contributed by atoms with E-state index in [1.807, 2.05) is 34.6 Å². The number of alkyl carbamates (subject to hydrolysis) is 1. The van der Waals surface area contributed by atoms with Gasteiger partial charge in [-0.25, -0.2) is 9.59 Å². The lowest BCUT2D eigenvalue weighted by molar-refractivity contribution is -0.142. The molecule has 0 aliphatic heterocycles. The Morgan fingerprint density at radius 3 is 1.43 bits per heavy atom. The number of carbonyl (C=O) groups excluding carboxylic acids is 3. The van der Waals surface area contributed by atoms with E-state index in [2.05, 4.69) is 81.7 Å². The summed E-state index contributed by atoms with van der Waals surface area (Å²) in [5, 5.41) is 11.4. The van der Waals surface area contributed by atoms with Gasteiger partial charge in [0.25, 0.3) is 6.72 Å². The van der Waals surface area contributed by atoms with Gasteiger partial charge in [-0.2, -0.15) is 0 Å². The van der Waals surface area contributed by atoms with E-state index in [0.717, 1.165) is 31.1 Å². The molecular formula is C40H76ClN4O8+. The van der Waals surface area contributed by atoms with Gasteiger partial charge in [-0.05, 0) is 99.7 Å². The molecule has 0 aromatic rings. The number of halogens is 1. The summed E-state index contributed by atoms with van der Waals surface area (Å²) in [5.41, 5.74) is 10.9. The summed E-state index contributed by atoms with van der Waals surface area (Å²) in [6, 6.07) is 0.879. The van der Waals surface area contributed by atoms with Crippen molar-refractivity contribution in [1.82, 2.24) is 5.32 Å². The van der Waals surface area contributed by atoms with Gasteiger partial charge in [0.2, 0.25) is 0 Å². The smallest absolute Gasteiger partial charge is 0.407 e. The van der Waals surface area contributed by atoms with Crippen LogP contribution in [0.25, 0.3) is 0 Å². The number of nitrogens with two attached hydrogens (primary N) is 1. The van der Waals surface area contributed by atoms with Crippen molar-refractivity contribution in [2.45, 2.75) is 133 Å². The molecule has 0 aromatic carbocycles. The van der Waals surface area contributed by atoms with E-state index in [9.17, 15) is 19.2 Å². The lowest BCUT2D eigenvalue weighted by Gasteiger charge is -2.19. The molecule has 4 rings (SSSR count). The first-order chi connectivity index (χ1) is 23.9. The molecule has 4 saturated carbocycles. The fraction of sp³-hybridized carbons (Fsp3) is 0.825. The molecule has 13 heteroatoms. The van der Waals surface area contributed by atoms with Gasteiger partial charge in [-0.3, -0.25) is 9.59 Å². The van der Waals surface area contributed by atoms with Crippen molar-refractivity contribution in [1.29, 1.82) is 5.53 Å². The molecule has 0 radical (unpaired) electrons. The van der Waals surface area contributed by atoms with Gasteiger partial charge in [-0.15, -0.1) is 12.4 Å². The lowest BCUT2D eigenvalue weighted by atomic mass is 10.1. The molecule has 12 nitrogen and oxygen atoms in total. The Morgan fingerprint density at radius 2 is 1.21 bits per heavy atom. The molecule has 5 N–H and O–H groups in total. The van der Waals surface area contributed by atoms with Crippen molar-refractivity contribution in [2.75, 3.05) is 14.2 Å². The Labute approximate surface area is 327 Å². The normalized spacial score (nSPS) is 25.4. The number of allylic oxidation sites excluding steroid dienone is 1. The molecule has 4 aliphatic carbocycles. The molecular weight excluding hydrogens is 700 g/mol. The third kappa shape index (κ3) is 27.3. The highest BCUT2D eigenvalue weighted by molar-refractivity contribution is 5.85. The van der Waals surface area contributed by atoms with Crippen molar-refractivity contribution in [3.05, 3.63) is 12.2 Å². The molecule has 0 aromatic heterocycles. The molecule has 8 unspecified atom stereocenters. The molecule has 8 atom stereocenters. The highest BCUT2D eigenvalue weighted by Crippen LogP contribution is 2.45. The third-order valence-corrected chi connectivity index (χ3v) is 9.18. The third-order valence-electron chi connectivity index (χ3n) is 9.18. The number of aliphatic carboxylic acids is 1. The van der Waals surface area contributed by atoms with Crippen molar-refractivity contribution < 1.29 is 43.3 Å². The van der Waals surface area contributed by atoms with Crippen LogP contribution in [0.5, 0.6) is 0 Å². The van der Waals surface area contributed by atoms with Crippen LogP contribution in [-0.4, -0.2) is 72.5 Å². The second-order valence-electron chi connectivity index (χ2n) is 16.8. The van der Waals surface area contributed by atoms with Crippen LogP contribution in [0.1, 0.15) is 116 Å². The number of hydrogen-bond donors (Lipinski definition) is 4. The molecule has 310 valence electrons. The average Bonchev–Trinajstić information content (AvgIpc) is 3.82. The van der Waals surface area contributed by atoms with Crippen LogP contribution >= 0.6 is 12.4 Å². The van der Waals surface area contributed by atoms with Gasteiger partial charge in [0.15, 0.2) is 0 Å². The van der Waals surface area contributed by atoms with Gasteiger partial charge < -0.3 is 30.4 Å². The highest BCUT2D eigenvalue weighted by atomic mass is 35.5. The number of rotatable bonds is 9. The van der Waals surface area contributed by atoms with Gasteiger partial charge in [0.1, 0.15) is 5.60 Å². The molecule has 53 heavy (non-hydrogen) atoms. The maximum absolute atomic E-state index is 11.3.